The molecule has 0 spiro atoms. The Morgan fingerprint density at radius 1 is 1.15 bits per heavy atom. The zero-order chi connectivity index (χ0) is 13.8. The molecular formula is C17H21N3. The molecule has 1 N–H and O–H groups in total. The zero-order valence-corrected chi connectivity index (χ0v) is 12.0. The van der Waals surface area contributed by atoms with Crippen LogP contribution in [0, 0.1) is 0 Å². The maximum absolute atomic E-state index is 4.79. The predicted molar refractivity (Wildman–Crippen MR) is 83.4 cm³/mol. The minimum Gasteiger partial charge on any atom is -0.326 e. The molecule has 1 aromatic heterocycles. The predicted octanol–water partition coefficient (Wildman–Crippen LogP) is 3.28. The Morgan fingerprint density at radius 2 is 2.05 bits per heavy atom. The van der Waals surface area contributed by atoms with Gasteiger partial charge in [-0.15, -0.1) is 0 Å². The van der Waals surface area contributed by atoms with E-state index in [0.717, 1.165) is 44.0 Å². The lowest BCUT2D eigenvalue weighted by molar-refractivity contribution is 0.664. The second-order valence-electron chi connectivity index (χ2n) is 5.19. The van der Waals surface area contributed by atoms with Gasteiger partial charge in [-0.2, -0.15) is 0 Å². The van der Waals surface area contributed by atoms with Gasteiger partial charge in [0.2, 0.25) is 0 Å². The molecule has 2 aromatic rings. The molecule has 3 nitrogen and oxygen atoms in total. The van der Waals surface area contributed by atoms with E-state index in [-0.39, 0.29) is 0 Å². The number of aromatic nitrogens is 1. The van der Waals surface area contributed by atoms with Crippen molar-refractivity contribution < 1.29 is 0 Å². The van der Waals surface area contributed by atoms with Crippen LogP contribution in [0.25, 0.3) is 0 Å². The van der Waals surface area contributed by atoms with Gasteiger partial charge in [-0.1, -0.05) is 31.2 Å². The number of nitrogens with zero attached hydrogens (tertiary/aromatic N) is 2. The molecule has 2 heterocycles. The average molecular weight is 267 g/mol. The Kier molecular flexibility index (Phi) is 3.97. The summed E-state index contributed by atoms with van der Waals surface area (Å²) in [6.45, 7) is 5.09. The summed E-state index contributed by atoms with van der Waals surface area (Å²) < 4.78 is 0. The fourth-order valence-electron chi connectivity index (χ4n) is 2.69. The Morgan fingerprint density at radius 3 is 2.95 bits per heavy atom. The lowest BCUT2D eigenvalue weighted by Gasteiger charge is -2.19. The van der Waals surface area contributed by atoms with E-state index in [9.17, 15) is 0 Å². The summed E-state index contributed by atoms with van der Waals surface area (Å²) in [5.74, 6) is 1.06. The van der Waals surface area contributed by atoms with Crippen molar-refractivity contribution in [2.75, 3.05) is 18.0 Å². The molecule has 0 bridgehead atoms. The van der Waals surface area contributed by atoms with Gasteiger partial charge in [0.05, 0.1) is 5.69 Å². The monoisotopic (exact) mass is 267 g/mol. The molecule has 0 radical (unpaired) electrons. The van der Waals surface area contributed by atoms with Gasteiger partial charge >= 0.3 is 0 Å². The molecule has 0 fully saturated rings. The third-order valence-electron chi connectivity index (χ3n) is 3.69. The van der Waals surface area contributed by atoms with Crippen LogP contribution in [-0.4, -0.2) is 18.1 Å². The fourth-order valence-corrected chi connectivity index (χ4v) is 2.69. The van der Waals surface area contributed by atoms with Crippen LogP contribution in [0.5, 0.6) is 0 Å². The maximum Gasteiger partial charge on any atom is 0.133 e. The van der Waals surface area contributed by atoms with Gasteiger partial charge in [-0.05, 0) is 43.1 Å². The molecule has 104 valence electrons. The number of benzene rings is 1. The van der Waals surface area contributed by atoms with E-state index < -0.39 is 0 Å². The maximum atomic E-state index is 4.79. The standard InChI is InChI=1S/C17H21N3/c1-2-11-18-13-15-7-5-9-17(19-15)20-12-10-14-6-3-4-8-16(14)20/h3-9,18H,2,10-13H2,1H3. The van der Waals surface area contributed by atoms with Crippen LogP contribution in [0.1, 0.15) is 24.6 Å². The van der Waals surface area contributed by atoms with Crippen LogP contribution >= 0.6 is 0 Å². The van der Waals surface area contributed by atoms with Crippen LogP contribution < -0.4 is 10.2 Å². The first-order valence-electron chi connectivity index (χ1n) is 7.40. The van der Waals surface area contributed by atoms with Crippen LogP contribution in [-0.2, 0) is 13.0 Å². The molecule has 20 heavy (non-hydrogen) atoms. The van der Waals surface area contributed by atoms with Gasteiger partial charge in [-0.25, -0.2) is 4.98 Å². The molecule has 0 unspecified atom stereocenters. The van der Waals surface area contributed by atoms with Gasteiger partial charge in [0.15, 0.2) is 0 Å². The number of nitrogens with one attached hydrogen (secondary N) is 1. The van der Waals surface area contributed by atoms with Crippen LogP contribution in [0.4, 0.5) is 11.5 Å². The summed E-state index contributed by atoms with van der Waals surface area (Å²) in [5, 5.41) is 3.41. The number of hydrogen-bond acceptors (Lipinski definition) is 3. The van der Waals surface area contributed by atoms with Crippen molar-refractivity contribution in [3.05, 3.63) is 53.7 Å². The van der Waals surface area contributed by atoms with Crippen molar-refractivity contribution in [2.45, 2.75) is 26.3 Å². The van der Waals surface area contributed by atoms with E-state index in [1.54, 1.807) is 0 Å². The van der Waals surface area contributed by atoms with E-state index in [2.05, 4.69) is 59.6 Å². The quantitative estimate of drug-likeness (QED) is 0.843. The Labute approximate surface area is 120 Å². The molecule has 0 aliphatic carbocycles. The molecule has 1 aliphatic heterocycles. The van der Waals surface area contributed by atoms with E-state index in [1.807, 2.05) is 0 Å². The molecule has 3 rings (SSSR count). The minimum absolute atomic E-state index is 0.844. The summed E-state index contributed by atoms with van der Waals surface area (Å²) in [5.41, 5.74) is 3.84. The average Bonchev–Trinajstić information content (AvgIpc) is 2.92. The lowest BCUT2D eigenvalue weighted by atomic mass is 10.2. The van der Waals surface area contributed by atoms with Crippen LogP contribution in [0.2, 0.25) is 0 Å². The van der Waals surface area contributed by atoms with Crippen LogP contribution in [0.3, 0.4) is 0 Å². The number of para-hydroxylation sites is 1. The van der Waals surface area contributed by atoms with E-state index in [0.29, 0.717) is 0 Å². The van der Waals surface area contributed by atoms with E-state index >= 15 is 0 Å². The van der Waals surface area contributed by atoms with E-state index in [4.69, 9.17) is 4.98 Å². The highest BCUT2D eigenvalue weighted by Gasteiger charge is 2.20. The second-order valence-corrected chi connectivity index (χ2v) is 5.19. The summed E-state index contributed by atoms with van der Waals surface area (Å²) in [7, 11) is 0. The SMILES string of the molecule is CCCNCc1cccc(N2CCc3ccccc32)n1. The summed E-state index contributed by atoms with van der Waals surface area (Å²) in [6.07, 6.45) is 2.26. The van der Waals surface area contributed by atoms with E-state index in [1.165, 1.54) is 11.3 Å². The highest BCUT2D eigenvalue weighted by atomic mass is 15.2. The summed E-state index contributed by atoms with van der Waals surface area (Å²) >= 11 is 0. The number of pyridine rings is 1. The number of anilines is 2. The molecule has 1 aliphatic rings. The highest BCUT2D eigenvalue weighted by Crippen LogP contribution is 2.32. The summed E-state index contributed by atoms with van der Waals surface area (Å²) in [4.78, 5) is 7.11. The molecule has 0 saturated heterocycles. The molecule has 0 saturated carbocycles. The Hall–Kier alpha value is -1.87. The largest absolute Gasteiger partial charge is 0.326 e. The number of hydrogen-bond donors (Lipinski definition) is 1. The Bertz CT molecular complexity index is 580. The lowest BCUT2D eigenvalue weighted by Crippen LogP contribution is -2.18. The molecular weight excluding hydrogens is 246 g/mol. The zero-order valence-electron chi connectivity index (χ0n) is 12.0. The van der Waals surface area contributed by atoms with Crippen molar-refractivity contribution >= 4 is 11.5 Å². The normalized spacial score (nSPS) is 13.6. The first-order valence-corrected chi connectivity index (χ1v) is 7.40. The minimum atomic E-state index is 0.844. The van der Waals surface area contributed by atoms with Gasteiger partial charge < -0.3 is 10.2 Å². The van der Waals surface area contributed by atoms with Crippen molar-refractivity contribution in [1.82, 2.24) is 10.3 Å². The number of rotatable bonds is 5. The Balaban J connectivity index is 1.79. The van der Waals surface area contributed by atoms with Gasteiger partial charge in [-0.3, -0.25) is 0 Å². The van der Waals surface area contributed by atoms with Crippen molar-refractivity contribution in [2.24, 2.45) is 0 Å². The smallest absolute Gasteiger partial charge is 0.133 e. The first-order chi connectivity index (χ1) is 9.88. The topological polar surface area (TPSA) is 28.2 Å². The van der Waals surface area contributed by atoms with Gasteiger partial charge in [0, 0.05) is 18.8 Å². The molecule has 0 amide bonds. The fraction of sp³-hybridized carbons (Fsp3) is 0.353. The molecule has 3 heteroatoms. The van der Waals surface area contributed by atoms with Crippen molar-refractivity contribution in [1.29, 1.82) is 0 Å². The second kappa shape index (κ2) is 6.06. The van der Waals surface area contributed by atoms with Gasteiger partial charge in [0.25, 0.3) is 0 Å². The van der Waals surface area contributed by atoms with Gasteiger partial charge in [0.1, 0.15) is 5.82 Å². The first kappa shape index (κ1) is 13.1. The van der Waals surface area contributed by atoms with Crippen LogP contribution in [0.15, 0.2) is 42.5 Å². The molecule has 0 atom stereocenters. The number of fused-ring (bicyclic) bond motifs is 1. The third kappa shape index (κ3) is 2.68. The van der Waals surface area contributed by atoms with Crippen molar-refractivity contribution in [3.63, 3.8) is 0 Å². The van der Waals surface area contributed by atoms with Crippen molar-refractivity contribution in [3.8, 4) is 0 Å². The third-order valence-corrected chi connectivity index (χ3v) is 3.69. The summed E-state index contributed by atoms with van der Waals surface area (Å²) in [6, 6.07) is 14.9. The highest BCUT2D eigenvalue weighted by molar-refractivity contribution is 5.67. The molecule has 1 aromatic carbocycles.